The van der Waals surface area contributed by atoms with Gasteiger partial charge < -0.3 is 4.98 Å². The first kappa shape index (κ1) is 17.7. The first-order valence-electron chi connectivity index (χ1n) is 9.11. The molecule has 2 heterocycles. The monoisotopic (exact) mass is 372 g/mol. The van der Waals surface area contributed by atoms with E-state index in [9.17, 15) is 9.59 Å². The van der Waals surface area contributed by atoms with Crippen molar-refractivity contribution in [3.63, 3.8) is 0 Å². The highest BCUT2D eigenvalue weighted by atomic mass is 16.2. The molecule has 0 radical (unpaired) electrons. The molecule has 0 fully saturated rings. The molecule has 0 aliphatic heterocycles. The molecule has 0 saturated carbocycles. The second kappa shape index (κ2) is 7.52. The van der Waals surface area contributed by atoms with Gasteiger partial charge in [-0.25, -0.2) is 5.43 Å². The van der Waals surface area contributed by atoms with Crippen molar-refractivity contribution in [1.29, 1.82) is 0 Å². The summed E-state index contributed by atoms with van der Waals surface area (Å²) in [4.78, 5) is 27.2. The van der Waals surface area contributed by atoms with E-state index in [4.69, 9.17) is 0 Å². The average molecular weight is 372 g/mol. The minimum atomic E-state index is -0.156. The van der Waals surface area contributed by atoms with Gasteiger partial charge in [0.25, 0.3) is 0 Å². The number of fused-ring (bicyclic) bond motifs is 2. The summed E-state index contributed by atoms with van der Waals surface area (Å²) < 4.78 is 1.58. The van der Waals surface area contributed by atoms with Gasteiger partial charge in [-0.05, 0) is 24.1 Å². The number of nitrogens with zero attached hydrogens (tertiary/aromatic N) is 2. The Hall–Kier alpha value is -3.67. The molecule has 0 unspecified atom stereocenters. The van der Waals surface area contributed by atoms with Gasteiger partial charge in [0, 0.05) is 47.6 Å². The van der Waals surface area contributed by atoms with Crippen LogP contribution in [-0.4, -0.2) is 27.6 Å². The predicted octanol–water partition coefficient (Wildman–Crippen LogP) is 3.87. The summed E-state index contributed by atoms with van der Waals surface area (Å²) in [7, 11) is 0. The number of aromatic nitrogens is 2. The lowest BCUT2D eigenvalue weighted by molar-refractivity contribution is -0.121. The summed E-state index contributed by atoms with van der Waals surface area (Å²) in [5.41, 5.74) is 6.35. The second-order valence-corrected chi connectivity index (χ2v) is 6.64. The highest BCUT2D eigenvalue weighted by Crippen LogP contribution is 2.20. The van der Waals surface area contributed by atoms with E-state index in [0.717, 1.165) is 32.9 Å². The molecule has 140 valence electrons. The number of carbonyl (C=O) groups excluding carboxylic acids is 2. The fraction of sp³-hybridized carbons (Fsp3) is 0.136. The summed E-state index contributed by atoms with van der Waals surface area (Å²) in [5.74, 6) is -0.226. The number of aromatic amines is 1. The lowest BCUT2D eigenvalue weighted by Crippen LogP contribution is -2.17. The Bertz CT molecular complexity index is 1200. The SMILES string of the molecule is CC(=O)n1cc(C=NNC(=O)CCc2c[nH]c3ccccc23)c2ccccc21. The number of aryl methyl sites for hydroxylation is 1. The van der Waals surface area contributed by atoms with E-state index in [1.807, 2.05) is 54.7 Å². The van der Waals surface area contributed by atoms with E-state index in [2.05, 4.69) is 15.5 Å². The molecular weight excluding hydrogens is 352 g/mol. The Morgan fingerprint density at radius 3 is 2.68 bits per heavy atom. The molecule has 0 aliphatic rings. The lowest BCUT2D eigenvalue weighted by Gasteiger charge is -2.00. The van der Waals surface area contributed by atoms with Crippen LogP contribution >= 0.6 is 0 Å². The van der Waals surface area contributed by atoms with Crippen LogP contribution in [0.1, 0.15) is 29.3 Å². The molecule has 6 heteroatoms. The molecule has 28 heavy (non-hydrogen) atoms. The van der Waals surface area contributed by atoms with Gasteiger partial charge in [0.05, 0.1) is 11.7 Å². The highest BCUT2D eigenvalue weighted by Gasteiger charge is 2.09. The zero-order chi connectivity index (χ0) is 19.5. The molecule has 1 amide bonds. The van der Waals surface area contributed by atoms with Crippen molar-refractivity contribution in [3.05, 3.63) is 72.1 Å². The quantitative estimate of drug-likeness (QED) is 0.412. The Balaban J connectivity index is 1.42. The van der Waals surface area contributed by atoms with Crippen molar-refractivity contribution >= 4 is 39.8 Å². The summed E-state index contributed by atoms with van der Waals surface area (Å²) in [6.45, 7) is 1.51. The Labute approximate surface area is 161 Å². The van der Waals surface area contributed by atoms with Crippen molar-refractivity contribution in [2.45, 2.75) is 19.8 Å². The van der Waals surface area contributed by atoms with Crippen LogP contribution in [0.4, 0.5) is 0 Å². The van der Waals surface area contributed by atoms with E-state index in [1.165, 1.54) is 6.92 Å². The smallest absolute Gasteiger partial charge is 0.240 e. The third-order valence-corrected chi connectivity index (χ3v) is 4.77. The van der Waals surface area contributed by atoms with Crippen LogP contribution in [0.3, 0.4) is 0 Å². The van der Waals surface area contributed by atoms with E-state index in [1.54, 1.807) is 17.0 Å². The number of carbonyl (C=O) groups is 2. The van der Waals surface area contributed by atoms with E-state index < -0.39 is 0 Å². The van der Waals surface area contributed by atoms with Crippen LogP contribution < -0.4 is 5.43 Å². The molecule has 0 atom stereocenters. The Morgan fingerprint density at radius 2 is 1.86 bits per heavy atom. The fourth-order valence-electron chi connectivity index (χ4n) is 3.39. The van der Waals surface area contributed by atoms with Crippen molar-refractivity contribution in [1.82, 2.24) is 15.0 Å². The first-order valence-corrected chi connectivity index (χ1v) is 9.11. The molecule has 0 saturated heterocycles. The van der Waals surface area contributed by atoms with Gasteiger partial charge in [0.15, 0.2) is 0 Å². The number of nitrogens with one attached hydrogen (secondary N) is 2. The maximum atomic E-state index is 12.1. The van der Waals surface area contributed by atoms with Crippen molar-refractivity contribution in [2.24, 2.45) is 5.10 Å². The van der Waals surface area contributed by atoms with Crippen LogP contribution in [0.15, 0.2) is 66.0 Å². The van der Waals surface area contributed by atoms with E-state index in [-0.39, 0.29) is 11.8 Å². The first-order chi connectivity index (χ1) is 13.6. The standard InChI is InChI=1S/C22H20N4O2/c1-15(27)26-14-17(19-7-3-5-9-21(19)26)13-24-25-22(28)11-10-16-12-23-20-8-4-2-6-18(16)20/h2-9,12-14,23H,10-11H2,1H3,(H,25,28). The van der Waals surface area contributed by atoms with Gasteiger partial charge in [-0.3, -0.25) is 14.2 Å². The molecule has 0 spiro atoms. The topological polar surface area (TPSA) is 79.2 Å². The number of hydrazone groups is 1. The largest absolute Gasteiger partial charge is 0.361 e. The normalized spacial score (nSPS) is 11.5. The van der Waals surface area contributed by atoms with Gasteiger partial charge in [0.2, 0.25) is 11.8 Å². The van der Waals surface area contributed by atoms with Gasteiger partial charge in [-0.2, -0.15) is 5.10 Å². The fourth-order valence-corrected chi connectivity index (χ4v) is 3.39. The highest BCUT2D eigenvalue weighted by molar-refractivity contribution is 6.03. The molecule has 2 N–H and O–H groups in total. The predicted molar refractivity (Wildman–Crippen MR) is 111 cm³/mol. The number of para-hydroxylation sites is 2. The zero-order valence-corrected chi connectivity index (χ0v) is 15.5. The minimum Gasteiger partial charge on any atom is -0.361 e. The van der Waals surface area contributed by atoms with Gasteiger partial charge in [-0.15, -0.1) is 0 Å². The number of hydrogen-bond donors (Lipinski definition) is 2. The third kappa shape index (κ3) is 3.44. The van der Waals surface area contributed by atoms with Crippen LogP contribution in [-0.2, 0) is 11.2 Å². The lowest BCUT2D eigenvalue weighted by atomic mass is 10.1. The summed E-state index contributed by atoms with van der Waals surface area (Å²) in [6, 6.07) is 15.6. The summed E-state index contributed by atoms with van der Waals surface area (Å²) >= 11 is 0. The Kier molecular flexibility index (Phi) is 4.76. The molecule has 0 aliphatic carbocycles. The molecular formula is C22H20N4O2. The third-order valence-electron chi connectivity index (χ3n) is 4.77. The molecule has 4 rings (SSSR count). The van der Waals surface area contributed by atoms with Gasteiger partial charge in [-0.1, -0.05) is 36.4 Å². The minimum absolute atomic E-state index is 0.0707. The number of amides is 1. The number of hydrogen-bond acceptors (Lipinski definition) is 3. The van der Waals surface area contributed by atoms with Crippen LogP contribution in [0, 0.1) is 0 Å². The van der Waals surface area contributed by atoms with Crippen molar-refractivity contribution < 1.29 is 9.59 Å². The van der Waals surface area contributed by atoms with Crippen molar-refractivity contribution in [3.8, 4) is 0 Å². The van der Waals surface area contributed by atoms with Crippen LogP contribution in [0.25, 0.3) is 21.8 Å². The van der Waals surface area contributed by atoms with E-state index >= 15 is 0 Å². The van der Waals surface area contributed by atoms with Crippen LogP contribution in [0.5, 0.6) is 0 Å². The number of rotatable bonds is 5. The Morgan fingerprint density at radius 1 is 1.11 bits per heavy atom. The molecule has 6 nitrogen and oxygen atoms in total. The summed E-state index contributed by atoms with van der Waals surface area (Å²) in [6.07, 6.45) is 6.22. The molecule has 0 bridgehead atoms. The molecule has 2 aromatic carbocycles. The number of benzene rings is 2. The second-order valence-electron chi connectivity index (χ2n) is 6.64. The summed E-state index contributed by atoms with van der Waals surface area (Å²) in [5, 5.41) is 6.12. The van der Waals surface area contributed by atoms with Gasteiger partial charge in [0.1, 0.15) is 0 Å². The number of H-pyrrole nitrogens is 1. The molecule has 4 aromatic rings. The zero-order valence-electron chi connectivity index (χ0n) is 15.5. The van der Waals surface area contributed by atoms with Crippen molar-refractivity contribution in [2.75, 3.05) is 0 Å². The average Bonchev–Trinajstić information content (AvgIpc) is 3.28. The van der Waals surface area contributed by atoms with Crippen LogP contribution in [0.2, 0.25) is 0 Å². The molecule has 2 aromatic heterocycles. The van der Waals surface area contributed by atoms with E-state index in [0.29, 0.717) is 12.8 Å². The maximum Gasteiger partial charge on any atom is 0.240 e. The van der Waals surface area contributed by atoms with Gasteiger partial charge >= 0.3 is 0 Å². The maximum absolute atomic E-state index is 12.1.